The summed E-state index contributed by atoms with van der Waals surface area (Å²) in [5.74, 6) is 0. The van der Waals surface area contributed by atoms with Crippen molar-refractivity contribution >= 4 is 10.9 Å². The monoisotopic (exact) mass is 244 g/mol. The molecule has 0 aliphatic carbocycles. The van der Waals surface area contributed by atoms with Crippen LogP contribution in [0.1, 0.15) is 26.0 Å². The van der Waals surface area contributed by atoms with Gasteiger partial charge in [0, 0.05) is 18.5 Å². The number of rotatable bonds is 5. The van der Waals surface area contributed by atoms with Gasteiger partial charge in [-0.25, -0.2) is 0 Å². The van der Waals surface area contributed by atoms with Gasteiger partial charge in [-0.3, -0.25) is 4.98 Å². The summed E-state index contributed by atoms with van der Waals surface area (Å²) in [5, 5.41) is 14.3. The van der Waals surface area contributed by atoms with E-state index in [1.165, 1.54) is 0 Å². The molecule has 2 rings (SSSR count). The number of nitrogens with one attached hydrogen (secondary N) is 1. The van der Waals surface area contributed by atoms with E-state index in [1.54, 1.807) is 0 Å². The third kappa shape index (κ3) is 3.28. The molecule has 0 amide bonds. The molecule has 3 heteroatoms. The fourth-order valence-electron chi connectivity index (χ4n) is 1.79. The van der Waals surface area contributed by atoms with Crippen LogP contribution in [0.25, 0.3) is 10.9 Å². The number of fused-ring (bicyclic) bond motifs is 1. The number of pyridine rings is 1. The lowest BCUT2D eigenvalue weighted by molar-refractivity contribution is 0.0555. The molecule has 96 valence electrons. The molecule has 1 aromatic heterocycles. The van der Waals surface area contributed by atoms with E-state index < -0.39 is 5.60 Å². The Balaban J connectivity index is 2.00. The van der Waals surface area contributed by atoms with Crippen molar-refractivity contribution < 1.29 is 5.11 Å². The van der Waals surface area contributed by atoms with E-state index in [9.17, 15) is 5.11 Å². The second-order valence-corrected chi connectivity index (χ2v) is 4.95. The molecule has 1 atom stereocenters. The minimum absolute atomic E-state index is 0.581. The largest absolute Gasteiger partial charge is 0.389 e. The maximum atomic E-state index is 9.89. The van der Waals surface area contributed by atoms with E-state index in [0.717, 1.165) is 23.0 Å². The van der Waals surface area contributed by atoms with Crippen LogP contribution in [-0.4, -0.2) is 22.2 Å². The predicted octanol–water partition coefficient (Wildman–Crippen LogP) is 2.49. The standard InChI is InChI=1S/C15H20N2O/c1-3-15(2,18)11-16-10-13-9-8-12-6-4-5-7-14(12)17-13/h4-9,16,18H,3,10-11H2,1-2H3. The lowest BCUT2D eigenvalue weighted by Crippen LogP contribution is -2.36. The third-order valence-electron chi connectivity index (χ3n) is 3.23. The van der Waals surface area contributed by atoms with Gasteiger partial charge in [-0.2, -0.15) is 0 Å². The van der Waals surface area contributed by atoms with E-state index in [2.05, 4.69) is 22.4 Å². The SMILES string of the molecule is CCC(C)(O)CNCc1ccc2ccccc2n1. The first-order chi connectivity index (χ1) is 8.61. The van der Waals surface area contributed by atoms with Gasteiger partial charge in [-0.1, -0.05) is 31.2 Å². The highest BCUT2D eigenvalue weighted by Gasteiger charge is 2.16. The molecule has 0 saturated carbocycles. The van der Waals surface area contributed by atoms with E-state index in [1.807, 2.05) is 38.1 Å². The van der Waals surface area contributed by atoms with Crippen molar-refractivity contribution in [2.45, 2.75) is 32.4 Å². The third-order valence-corrected chi connectivity index (χ3v) is 3.23. The van der Waals surface area contributed by atoms with Gasteiger partial charge in [0.15, 0.2) is 0 Å². The van der Waals surface area contributed by atoms with E-state index in [4.69, 9.17) is 0 Å². The van der Waals surface area contributed by atoms with E-state index in [-0.39, 0.29) is 0 Å². The first-order valence-electron chi connectivity index (χ1n) is 6.38. The second kappa shape index (κ2) is 5.46. The van der Waals surface area contributed by atoms with Gasteiger partial charge in [0.2, 0.25) is 0 Å². The molecule has 0 fully saturated rings. The molecule has 1 unspecified atom stereocenters. The first kappa shape index (κ1) is 13.0. The summed E-state index contributed by atoms with van der Waals surface area (Å²) in [6.07, 6.45) is 0.741. The number of nitrogens with zero attached hydrogens (tertiary/aromatic N) is 1. The first-order valence-corrected chi connectivity index (χ1v) is 6.38. The lowest BCUT2D eigenvalue weighted by Gasteiger charge is -2.21. The van der Waals surface area contributed by atoms with Crippen LogP contribution < -0.4 is 5.32 Å². The number of hydrogen-bond acceptors (Lipinski definition) is 3. The van der Waals surface area contributed by atoms with Crippen molar-refractivity contribution in [2.75, 3.05) is 6.54 Å². The number of aliphatic hydroxyl groups is 1. The summed E-state index contributed by atoms with van der Waals surface area (Å²) >= 11 is 0. The zero-order valence-electron chi connectivity index (χ0n) is 11.0. The Hall–Kier alpha value is -1.45. The molecule has 3 nitrogen and oxygen atoms in total. The summed E-state index contributed by atoms with van der Waals surface area (Å²) in [5.41, 5.74) is 1.37. The quantitative estimate of drug-likeness (QED) is 0.849. The molecule has 0 aliphatic rings. The van der Waals surface area contributed by atoms with Gasteiger partial charge < -0.3 is 10.4 Å². The van der Waals surface area contributed by atoms with Crippen molar-refractivity contribution in [1.29, 1.82) is 0 Å². The summed E-state index contributed by atoms with van der Waals surface area (Å²) in [6.45, 7) is 5.09. The highest BCUT2D eigenvalue weighted by atomic mass is 16.3. The normalized spacial score (nSPS) is 14.6. The van der Waals surface area contributed by atoms with E-state index in [0.29, 0.717) is 13.1 Å². The molecule has 18 heavy (non-hydrogen) atoms. The highest BCUT2D eigenvalue weighted by molar-refractivity contribution is 5.78. The predicted molar refractivity (Wildman–Crippen MR) is 74.4 cm³/mol. The molecule has 1 aromatic carbocycles. The van der Waals surface area contributed by atoms with E-state index >= 15 is 0 Å². The average Bonchev–Trinajstić information content (AvgIpc) is 2.38. The van der Waals surface area contributed by atoms with Crippen molar-refractivity contribution in [3.8, 4) is 0 Å². The Morgan fingerprint density at radius 2 is 2.00 bits per heavy atom. The van der Waals surface area contributed by atoms with Crippen LogP contribution in [0.2, 0.25) is 0 Å². The maximum Gasteiger partial charge on any atom is 0.0741 e. The van der Waals surface area contributed by atoms with Crippen molar-refractivity contribution in [3.63, 3.8) is 0 Å². The molecule has 1 heterocycles. The molecule has 0 bridgehead atoms. The smallest absolute Gasteiger partial charge is 0.0741 e. The molecular formula is C15H20N2O. The Kier molecular flexibility index (Phi) is 3.94. The van der Waals surface area contributed by atoms with Crippen LogP contribution in [0.4, 0.5) is 0 Å². The van der Waals surface area contributed by atoms with Crippen LogP contribution in [-0.2, 0) is 6.54 Å². The van der Waals surface area contributed by atoms with Gasteiger partial charge >= 0.3 is 0 Å². The summed E-state index contributed by atoms with van der Waals surface area (Å²) < 4.78 is 0. The molecule has 0 saturated heterocycles. The molecule has 0 radical (unpaired) electrons. The van der Waals surface area contributed by atoms with Crippen LogP contribution in [0.3, 0.4) is 0 Å². The van der Waals surface area contributed by atoms with Crippen molar-refractivity contribution in [1.82, 2.24) is 10.3 Å². The van der Waals surface area contributed by atoms with Crippen molar-refractivity contribution in [3.05, 3.63) is 42.1 Å². The summed E-state index contributed by atoms with van der Waals surface area (Å²) in [4.78, 5) is 4.58. The van der Waals surface area contributed by atoms with Gasteiger partial charge in [0.05, 0.1) is 16.8 Å². The fraction of sp³-hybridized carbons (Fsp3) is 0.400. The lowest BCUT2D eigenvalue weighted by atomic mass is 10.0. The Labute approximate surface area is 108 Å². The minimum Gasteiger partial charge on any atom is -0.389 e. The minimum atomic E-state index is -0.642. The number of aromatic nitrogens is 1. The van der Waals surface area contributed by atoms with Crippen LogP contribution in [0, 0.1) is 0 Å². The summed E-state index contributed by atoms with van der Waals surface area (Å²) in [7, 11) is 0. The zero-order chi connectivity index (χ0) is 13.0. The maximum absolute atomic E-state index is 9.89. The van der Waals surface area contributed by atoms with Crippen LogP contribution in [0.15, 0.2) is 36.4 Å². The summed E-state index contributed by atoms with van der Waals surface area (Å²) in [6, 6.07) is 12.2. The number of benzene rings is 1. The van der Waals surface area contributed by atoms with Gasteiger partial charge in [-0.15, -0.1) is 0 Å². The topological polar surface area (TPSA) is 45.1 Å². The van der Waals surface area contributed by atoms with Crippen molar-refractivity contribution in [2.24, 2.45) is 0 Å². The van der Waals surface area contributed by atoms with Gasteiger partial charge in [-0.05, 0) is 25.5 Å². The van der Waals surface area contributed by atoms with Crippen LogP contribution in [0.5, 0.6) is 0 Å². The van der Waals surface area contributed by atoms with Gasteiger partial charge in [0.25, 0.3) is 0 Å². The molecule has 2 N–H and O–H groups in total. The molecular weight excluding hydrogens is 224 g/mol. The Bertz CT molecular complexity index is 523. The number of hydrogen-bond donors (Lipinski definition) is 2. The second-order valence-electron chi connectivity index (χ2n) is 4.95. The Morgan fingerprint density at radius 1 is 1.22 bits per heavy atom. The molecule has 0 spiro atoms. The van der Waals surface area contributed by atoms with Gasteiger partial charge in [0.1, 0.15) is 0 Å². The fourth-order valence-corrected chi connectivity index (χ4v) is 1.79. The highest BCUT2D eigenvalue weighted by Crippen LogP contribution is 2.12. The molecule has 2 aromatic rings. The Morgan fingerprint density at radius 3 is 2.78 bits per heavy atom. The van der Waals surface area contributed by atoms with Crippen LogP contribution >= 0.6 is 0 Å². The number of para-hydroxylation sites is 1. The average molecular weight is 244 g/mol. The molecule has 0 aliphatic heterocycles. The zero-order valence-corrected chi connectivity index (χ0v) is 11.0.